The van der Waals surface area contributed by atoms with Gasteiger partial charge in [-0.1, -0.05) is 43.5 Å². The molecule has 43 heavy (non-hydrogen) atoms. The van der Waals surface area contributed by atoms with E-state index in [-0.39, 0.29) is 11.4 Å². The minimum atomic E-state index is -0.714. The van der Waals surface area contributed by atoms with E-state index in [9.17, 15) is 29.8 Å². The van der Waals surface area contributed by atoms with Crippen LogP contribution < -0.4 is 0 Å². The van der Waals surface area contributed by atoms with Gasteiger partial charge in [0.1, 0.15) is 12.2 Å². The molecular weight excluding hydrogens is 556 g/mol. The van der Waals surface area contributed by atoms with E-state index in [1.165, 1.54) is 12.1 Å². The summed E-state index contributed by atoms with van der Waals surface area (Å²) in [5.74, 6) is 1.07. The van der Waals surface area contributed by atoms with E-state index in [2.05, 4.69) is 0 Å². The van der Waals surface area contributed by atoms with Crippen LogP contribution in [0.5, 0.6) is 0 Å². The molecule has 0 aromatic heterocycles. The van der Waals surface area contributed by atoms with Crippen LogP contribution in [0, 0.1) is 32.1 Å². The summed E-state index contributed by atoms with van der Waals surface area (Å²) in [6.45, 7) is 5.74. The number of piperidine rings is 2. The minimum Gasteiger partial charge on any atom is -0.441 e. The SMILES string of the molecule is CC(OC(=O)N1CCC(CCCC2CCN(C(=O)OC(C)c3ccccc3[N+](=O)[O-])CC2)CC1)c1ccccc1[N+](=O)[O-]. The third kappa shape index (κ3) is 8.42. The first kappa shape index (κ1) is 31.7. The fourth-order valence-corrected chi connectivity index (χ4v) is 6.08. The fraction of sp³-hybridized carbons (Fsp3) is 0.548. The molecule has 2 aromatic carbocycles. The van der Waals surface area contributed by atoms with E-state index < -0.39 is 34.2 Å². The first-order valence-electron chi connectivity index (χ1n) is 15.0. The number of hydrogen-bond acceptors (Lipinski definition) is 8. The molecule has 0 bridgehead atoms. The fourth-order valence-electron chi connectivity index (χ4n) is 6.08. The highest BCUT2D eigenvalue weighted by molar-refractivity contribution is 5.69. The van der Waals surface area contributed by atoms with Gasteiger partial charge in [0.15, 0.2) is 0 Å². The van der Waals surface area contributed by atoms with Crippen molar-refractivity contribution in [3.05, 3.63) is 79.9 Å². The Kier molecular flexibility index (Phi) is 10.9. The molecule has 2 atom stereocenters. The maximum atomic E-state index is 12.7. The van der Waals surface area contributed by atoms with Gasteiger partial charge in [-0.05, 0) is 63.5 Å². The quantitative estimate of drug-likeness (QED) is 0.207. The molecule has 232 valence electrons. The molecule has 12 heteroatoms. The zero-order chi connectivity index (χ0) is 30.9. The number of rotatable bonds is 10. The van der Waals surface area contributed by atoms with Gasteiger partial charge >= 0.3 is 12.2 Å². The summed E-state index contributed by atoms with van der Waals surface area (Å²) in [6.07, 6.45) is 4.56. The highest BCUT2D eigenvalue weighted by Crippen LogP contribution is 2.31. The molecule has 2 aliphatic heterocycles. The number of likely N-dealkylation sites (tertiary alicyclic amines) is 2. The predicted molar refractivity (Wildman–Crippen MR) is 158 cm³/mol. The van der Waals surface area contributed by atoms with Crippen LogP contribution in [-0.4, -0.2) is 58.0 Å². The standard InChI is InChI=1S/C31H40N4O8/c1-22(26-10-3-5-12-28(26)34(38)39)42-30(36)32-18-14-24(15-19-32)8-7-9-25-16-20-33(21-17-25)31(37)43-23(2)27-11-4-6-13-29(27)35(40)41/h3-6,10-13,22-25H,7-9,14-21H2,1-2H3. The normalized spacial score (nSPS) is 17.6. The van der Waals surface area contributed by atoms with Crippen LogP contribution in [0.15, 0.2) is 48.5 Å². The van der Waals surface area contributed by atoms with Crippen molar-refractivity contribution in [2.24, 2.45) is 11.8 Å². The summed E-state index contributed by atoms with van der Waals surface area (Å²) in [5.41, 5.74) is 0.647. The maximum Gasteiger partial charge on any atom is 0.410 e. The number of nitro benzene ring substituents is 2. The van der Waals surface area contributed by atoms with Crippen molar-refractivity contribution in [1.82, 2.24) is 9.80 Å². The second-order valence-corrected chi connectivity index (χ2v) is 11.5. The molecule has 2 aliphatic rings. The van der Waals surface area contributed by atoms with Crippen LogP contribution >= 0.6 is 0 Å². The van der Waals surface area contributed by atoms with Gasteiger partial charge in [0.2, 0.25) is 0 Å². The van der Waals surface area contributed by atoms with E-state index in [1.807, 2.05) is 0 Å². The summed E-state index contributed by atoms with van der Waals surface area (Å²) in [5, 5.41) is 22.6. The molecule has 2 heterocycles. The maximum absolute atomic E-state index is 12.7. The van der Waals surface area contributed by atoms with Gasteiger partial charge in [0.25, 0.3) is 11.4 Å². The molecule has 4 rings (SSSR count). The van der Waals surface area contributed by atoms with Crippen molar-refractivity contribution < 1.29 is 28.9 Å². The highest BCUT2D eigenvalue weighted by Gasteiger charge is 2.29. The van der Waals surface area contributed by atoms with E-state index in [0.29, 0.717) is 49.1 Å². The summed E-state index contributed by atoms with van der Waals surface area (Å²) < 4.78 is 11.1. The summed E-state index contributed by atoms with van der Waals surface area (Å²) in [4.78, 5) is 50.5. The molecule has 12 nitrogen and oxygen atoms in total. The van der Waals surface area contributed by atoms with Crippen LogP contribution in [0.2, 0.25) is 0 Å². The molecule has 2 fully saturated rings. The Balaban J connectivity index is 1.12. The van der Waals surface area contributed by atoms with Gasteiger partial charge in [0, 0.05) is 38.3 Å². The molecule has 0 N–H and O–H groups in total. The van der Waals surface area contributed by atoms with Gasteiger partial charge in [-0.2, -0.15) is 0 Å². The van der Waals surface area contributed by atoms with E-state index in [0.717, 1.165) is 44.9 Å². The average molecular weight is 597 g/mol. The topological polar surface area (TPSA) is 145 Å². The summed E-state index contributed by atoms with van der Waals surface area (Å²) >= 11 is 0. The Hall–Kier alpha value is -4.22. The highest BCUT2D eigenvalue weighted by atomic mass is 16.6. The number of para-hydroxylation sites is 2. The van der Waals surface area contributed by atoms with E-state index in [1.54, 1.807) is 60.0 Å². The average Bonchev–Trinajstić information content (AvgIpc) is 3.01. The molecular formula is C31H40N4O8. The van der Waals surface area contributed by atoms with Crippen molar-refractivity contribution in [3.8, 4) is 0 Å². The Morgan fingerprint density at radius 1 is 0.721 bits per heavy atom. The van der Waals surface area contributed by atoms with Crippen molar-refractivity contribution in [2.75, 3.05) is 26.2 Å². The number of ether oxygens (including phenoxy) is 2. The number of carbonyl (C=O) groups excluding carboxylic acids is 2. The third-order valence-corrected chi connectivity index (χ3v) is 8.67. The lowest BCUT2D eigenvalue weighted by molar-refractivity contribution is -0.386. The number of nitrogens with zero attached hydrogens (tertiary/aromatic N) is 4. The second kappa shape index (κ2) is 14.8. The third-order valence-electron chi connectivity index (χ3n) is 8.67. The largest absolute Gasteiger partial charge is 0.441 e. The van der Waals surface area contributed by atoms with E-state index >= 15 is 0 Å². The van der Waals surface area contributed by atoms with Crippen LogP contribution in [0.25, 0.3) is 0 Å². The predicted octanol–water partition coefficient (Wildman–Crippen LogP) is 7.19. The van der Waals surface area contributed by atoms with Crippen LogP contribution in [-0.2, 0) is 9.47 Å². The molecule has 0 radical (unpaired) electrons. The first-order chi connectivity index (χ1) is 20.6. The lowest BCUT2D eigenvalue weighted by atomic mass is 9.87. The van der Waals surface area contributed by atoms with Crippen molar-refractivity contribution in [1.29, 1.82) is 0 Å². The summed E-state index contributed by atoms with van der Waals surface area (Å²) in [6, 6.07) is 12.6. The molecule has 0 spiro atoms. The second-order valence-electron chi connectivity index (χ2n) is 11.5. The Bertz CT molecular complexity index is 1190. The number of amides is 2. The lowest BCUT2D eigenvalue weighted by Crippen LogP contribution is -2.39. The lowest BCUT2D eigenvalue weighted by Gasteiger charge is -2.33. The molecule has 2 amide bonds. The van der Waals surface area contributed by atoms with E-state index in [4.69, 9.17) is 9.47 Å². The van der Waals surface area contributed by atoms with Gasteiger partial charge in [-0.25, -0.2) is 9.59 Å². The molecule has 2 unspecified atom stereocenters. The monoisotopic (exact) mass is 596 g/mol. The van der Waals surface area contributed by atoms with Gasteiger partial charge < -0.3 is 19.3 Å². The number of hydrogen-bond donors (Lipinski definition) is 0. The van der Waals surface area contributed by atoms with Gasteiger partial charge in [0.05, 0.1) is 21.0 Å². The van der Waals surface area contributed by atoms with Gasteiger partial charge in [-0.3, -0.25) is 20.2 Å². The number of nitro groups is 2. The molecule has 2 saturated heterocycles. The zero-order valence-corrected chi connectivity index (χ0v) is 24.8. The van der Waals surface area contributed by atoms with Crippen molar-refractivity contribution in [3.63, 3.8) is 0 Å². The smallest absolute Gasteiger partial charge is 0.410 e. The molecule has 0 aliphatic carbocycles. The van der Waals surface area contributed by atoms with Gasteiger partial charge in [-0.15, -0.1) is 0 Å². The van der Waals surface area contributed by atoms with Crippen LogP contribution in [0.3, 0.4) is 0 Å². The minimum absolute atomic E-state index is 0.0573. The first-order valence-corrected chi connectivity index (χ1v) is 15.0. The number of carbonyl (C=O) groups is 2. The van der Waals surface area contributed by atoms with Crippen LogP contribution in [0.1, 0.15) is 82.1 Å². The van der Waals surface area contributed by atoms with Crippen molar-refractivity contribution in [2.45, 2.75) is 71.0 Å². The zero-order valence-electron chi connectivity index (χ0n) is 24.8. The Labute approximate surface area is 251 Å². The Morgan fingerprint density at radius 3 is 1.42 bits per heavy atom. The number of benzene rings is 2. The Morgan fingerprint density at radius 2 is 1.07 bits per heavy atom. The summed E-state index contributed by atoms with van der Waals surface area (Å²) in [7, 11) is 0. The van der Waals surface area contributed by atoms with Crippen LogP contribution in [0.4, 0.5) is 21.0 Å². The molecule has 2 aromatic rings. The van der Waals surface area contributed by atoms with Crippen molar-refractivity contribution >= 4 is 23.6 Å². The molecule has 0 saturated carbocycles.